The lowest BCUT2D eigenvalue weighted by molar-refractivity contribution is -0.141. The van der Waals surface area contributed by atoms with Gasteiger partial charge in [0.05, 0.1) is 29.7 Å². The number of ether oxygens (including phenoxy) is 3. The Labute approximate surface area is 277 Å². The van der Waals surface area contributed by atoms with Crippen LogP contribution in [0.15, 0.2) is 18.2 Å². The molecule has 254 valence electrons. The standard InChI is InChI=1S/C37H50N4O6/c1-6-24-31-19-41(32(24)20(2)42)35(43)33(37(3,4)5)40-36(44)47-30-17-21-16-26(21)25(30)10-8-7-9-11-28-34(46-31)39-29-18-23(45-22-12-13-22)14-15-27(29)38-28/h14-15,18,21-22,24-26,30-33H,6-13,16-17,19H2,1-5H3,(H,40,44)/t21?,24-,25-,26?,30-,31+,32-,33-/m1/s1. The number of benzene rings is 1. The molecule has 2 unspecified atom stereocenters. The van der Waals surface area contributed by atoms with Gasteiger partial charge in [-0.25, -0.2) is 14.8 Å². The molecule has 2 bridgehead atoms. The molecule has 2 aromatic rings. The van der Waals surface area contributed by atoms with Crippen LogP contribution in [-0.2, 0) is 20.7 Å². The number of carbonyl (C=O) groups is 3. The van der Waals surface area contributed by atoms with Crippen LogP contribution in [0.4, 0.5) is 4.79 Å². The Bertz CT molecular complexity index is 1530. The third-order valence-corrected chi connectivity index (χ3v) is 11.2. The molecule has 4 fully saturated rings. The minimum Gasteiger partial charge on any atom is -0.490 e. The van der Waals surface area contributed by atoms with Crippen molar-refractivity contribution in [3.8, 4) is 11.6 Å². The lowest BCUT2D eigenvalue weighted by Gasteiger charge is -2.36. The van der Waals surface area contributed by atoms with E-state index < -0.39 is 29.7 Å². The fourth-order valence-corrected chi connectivity index (χ4v) is 8.45. The molecule has 7 rings (SSSR count). The van der Waals surface area contributed by atoms with Crippen LogP contribution >= 0.6 is 0 Å². The van der Waals surface area contributed by atoms with Gasteiger partial charge in [-0.3, -0.25) is 9.59 Å². The molecule has 1 aromatic carbocycles. The van der Waals surface area contributed by atoms with Crippen LogP contribution in [0.5, 0.6) is 11.6 Å². The minimum absolute atomic E-state index is 0.0999. The first-order valence-electron chi connectivity index (χ1n) is 17.9. The highest BCUT2D eigenvalue weighted by Crippen LogP contribution is 2.57. The summed E-state index contributed by atoms with van der Waals surface area (Å²) in [7, 11) is 0. The maximum atomic E-state index is 14.4. The van der Waals surface area contributed by atoms with Gasteiger partial charge < -0.3 is 24.4 Å². The van der Waals surface area contributed by atoms with Gasteiger partial charge in [0.15, 0.2) is 5.78 Å². The SMILES string of the molecule is CC[C@@H]1[C@@H]2CN(C(=O)[C@H](C(C)(C)C)NC(=O)O[C@@H]3CC4CC4[C@H]3CCCCCc3nc4ccc(OC5CC5)cc4nc3O2)[C@@H]1C(C)=O. The summed E-state index contributed by atoms with van der Waals surface area (Å²) < 4.78 is 18.9. The number of aryl methyl sites for hydroxylation is 1. The normalized spacial score (nSPS) is 33.0. The summed E-state index contributed by atoms with van der Waals surface area (Å²) in [5, 5.41) is 2.95. The number of alkyl carbamates (subject to hydrolysis) is 1. The van der Waals surface area contributed by atoms with E-state index in [1.807, 2.05) is 45.9 Å². The van der Waals surface area contributed by atoms with Gasteiger partial charge in [-0.05, 0) is 93.6 Å². The highest BCUT2D eigenvalue weighted by atomic mass is 16.6. The molecule has 3 saturated carbocycles. The number of carbonyl (C=O) groups excluding carboxylic acids is 3. The molecular weight excluding hydrogens is 596 g/mol. The average Bonchev–Trinajstić information content (AvgIpc) is 3.92. The summed E-state index contributed by atoms with van der Waals surface area (Å²) in [5.41, 5.74) is 1.68. The van der Waals surface area contributed by atoms with E-state index in [0.717, 1.165) is 61.9 Å². The smallest absolute Gasteiger partial charge is 0.408 e. The van der Waals surface area contributed by atoms with Crippen molar-refractivity contribution in [3.63, 3.8) is 0 Å². The zero-order chi connectivity index (χ0) is 33.0. The number of hydrogen-bond donors (Lipinski definition) is 1. The van der Waals surface area contributed by atoms with Gasteiger partial charge in [-0.15, -0.1) is 0 Å². The summed E-state index contributed by atoms with van der Waals surface area (Å²) in [5.74, 6) is 2.22. The third kappa shape index (κ3) is 6.66. The van der Waals surface area contributed by atoms with E-state index in [-0.39, 0.29) is 36.4 Å². The van der Waals surface area contributed by atoms with Crippen molar-refractivity contribution in [2.45, 2.75) is 129 Å². The van der Waals surface area contributed by atoms with E-state index in [1.165, 1.54) is 13.3 Å². The van der Waals surface area contributed by atoms with Crippen LogP contribution < -0.4 is 14.8 Å². The number of ketones is 1. The molecular formula is C37H50N4O6. The van der Waals surface area contributed by atoms with E-state index in [4.69, 9.17) is 24.2 Å². The van der Waals surface area contributed by atoms with Crippen LogP contribution in [0.25, 0.3) is 11.0 Å². The van der Waals surface area contributed by atoms with Gasteiger partial charge in [0.25, 0.3) is 0 Å². The molecule has 1 saturated heterocycles. The highest BCUT2D eigenvalue weighted by Gasteiger charge is 2.55. The molecule has 1 N–H and O–H groups in total. The fraction of sp³-hybridized carbons (Fsp3) is 0.703. The highest BCUT2D eigenvalue weighted by molar-refractivity contribution is 5.92. The number of amides is 2. The average molecular weight is 647 g/mol. The molecule has 3 aliphatic carbocycles. The van der Waals surface area contributed by atoms with Gasteiger partial charge >= 0.3 is 6.09 Å². The second kappa shape index (κ2) is 12.5. The fourth-order valence-electron chi connectivity index (χ4n) is 8.45. The van der Waals surface area contributed by atoms with Crippen LogP contribution in [0, 0.1) is 29.1 Å². The Balaban J connectivity index is 1.24. The number of aromatic nitrogens is 2. The quantitative estimate of drug-likeness (QED) is 0.428. The molecule has 5 aliphatic rings. The van der Waals surface area contributed by atoms with Gasteiger partial charge in [0, 0.05) is 12.0 Å². The molecule has 10 heteroatoms. The minimum atomic E-state index is -0.873. The van der Waals surface area contributed by atoms with E-state index in [1.54, 1.807) is 4.90 Å². The molecule has 10 nitrogen and oxygen atoms in total. The first-order chi connectivity index (χ1) is 22.5. The van der Waals surface area contributed by atoms with Crippen LogP contribution in [-0.4, -0.2) is 69.6 Å². The first kappa shape index (κ1) is 32.1. The Morgan fingerprint density at radius 3 is 2.53 bits per heavy atom. The number of fused-ring (bicyclic) bond motifs is 7. The molecule has 1 aromatic heterocycles. The van der Waals surface area contributed by atoms with Crippen LogP contribution in [0.3, 0.4) is 0 Å². The van der Waals surface area contributed by atoms with Crippen LogP contribution in [0.2, 0.25) is 0 Å². The van der Waals surface area contributed by atoms with Crippen molar-refractivity contribution in [1.29, 1.82) is 0 Å². The first-order valence-corrected chi connectivity index (χ1v) is 17.9. The monoisotopic (exact) mass is 646 g/mol. The van der Waals surface area contributed by atoms with Gasteiger partial charge in [-0.2, -0.15) is 0 Å². The third-order valence-electron chi connectivity index (χ3n) is 11.2. The van der Waals surface area contributed by atoms with E-state index in [9.17, 15) is 14.4 Å². The zero-order valence-electron chi connectivity index (χ0n) is 28.5. The summed E-state index contributed by atoms with van der Waals surface area (Å²) in [6.45, 7) is 9.55. The number of Topliss-reactive ketones (excluding diaryl/α,β-unsaturated/α-hetero) is 1. The van der Waals surface area contributed by atoms with Crippen molar-refractivity contribution in [2.24, 2.45) is 29.1 Å². The van der Waals surface area contributed by atoms with Crippen molar-refractivity contribution in [3.05, 3.63) is 23.9 Å². The summed E-state index contributed by atoms with van der Waals surface area (Å²) in [4.78, 5) is 52.7. The van der Waals surface area contributed by atoms with Crippen molar-refractivity contribution < 1.29 is 28.6 Å². The number of hydrogen-bond acceptors (Lipinski definition) is 8. The van der Waals surface area contributed by atoms with Crippen molar-refractivity contribution >= 4 is 28.8 Å². The van der Waals surface area contributed by atoms with Gasteiger partial charge in [-0.1, -0.05) is 40.5 Å². The van der Waals surface area contributed by atoms with Gasteiger partial charge in [0.2, 0.25) is 11.8 Å². The molecule has 2 aliphatic heterocycles. The Hall–Kier alpha value is -3.43. The Kier molecular flexibility index (Phi) is 8.58. The number of rotatable bonds is 4. The molecule has 0 radical (unpaired) electrons. The largest absolute Gasteiger partial charge is 0.490 e. The maximum absolute atomic E-state index is 14.4. The lowest BCUT2D eigenvalue weighted by Crippen LogP contribution is -2.57. The second-order valence-electron chi connectivity index (χ2n) is 15.8. The maximum Gasteiger partial charge on any atom is 0.408 e. The van der Waals surface area contributed by atoms with E-state index >= 15 is 0 Å². The Morgan fingerprint density at radius 2 is 1.81 bits per heavy atom. The second-order valence-corrected chi connectivity index (χ2v) is 15.8. The molecule has 47 heavy (non-hydrogen) atoms. The molecule has 0 spiro atoms. The Morgan fingerprint density at radius 1 is 1.00 bits per heavy atom. The van der Waals surface area contributed by atoms with Crippen LogP contribution in [0.1, 0.15) is 98.1 Å². The van der Waals surface area contributed by atoms with Crippen molar-refractivity contribution in [1.82, 2.24) is 20.2 Å². The predicted octanol–water partition coefficient (Wildman–Crippen LogP) is 6.03. The molecule has 8 atom stereocenters. The number of nitrogens with zero attached hydrogens (tertiary/aromatic N) is 3. The summed E-state index contributed by atoms with van der Waals surface area (Å²) in [6.07, 6.45) is 8.77. The van der Waals surface area contributed by atoms with Gasteiger partial charge in [0.1, 0.15) is 29.7 Å². The van der Waals surface area contributed by atoms with E-state index in [2.05, 4.69) is 5.32 Å². The summed E-state index contributed by atoms with van der Waals surface area (Å²) >= 11 is 0. The predicted molar refractivity (Wildman–Crippen MR) is 176 cm³/mol. The molecule has 3 heterocycles. The molecule has 2 amide bonds. The number of nitrogens with one attached hydrogen (secondary N) is 1. The summed E-state index contributed by atoms with van der Waals surface area (Å²) in [6, 6.07) is 4.31. The van der Waals surface area contributed by atoms with E-state index in [0.29, 0.717) is 42.0 Å². The zero-order valence-corrected chi connectivity index (χ0v) is 28.5. The lowest BCUT2D eigenvalue weighted by atomic mass is 9.85. The topological polar surface area (TPSA) is 120 Å². The van der Waals surface area contributed by atoms with Crippen molar-refractivity contribution in [2.75, 3.05) is 6.54 Å².